The molecule has 0 radical (unpaired) electrons. The number of carbonyl (C=O) groups is 2. The van der Waals surface area contributed by atoms with E-state index in [9.17, 15) is 9.59 Å². The van der Waals surface area contributed by atoms with Crippen molar-refractivity contribution in [3.8, 4) is 11.5 Å². The first kappa shape index (κ1) is 19.8. The van der Waals surface area contributed by atoms with E-state index in [-0.39, 0.29) is 11.8 Å². The second kappa shape index (κ2) is 9.80. The van der Waals surface area contributed by atoms with Crippen molar-refractivity contribution in [2.45, 2.75) is 33.7 Å². The minimum absolute atomic E-state index is 0.0135. The van der Waals surface area contributed by atoms with Gasteiger partial charge in [0.2, 0.25) is 11.8 Å². The number of benzene rings is 1. The molecule has 0 bridgehead atoms. The second-order valence-electron chi connectivity index (χ2n) is 6.08. The van der Waals surface area contributed by atoms with Crippen molar-refractivity contribution in [2.75, 3.05) is 27.3 Å². The van der Waals surface area contributed by atoms with Crippen LogP contribution < -0.4 is 14.8 Å². The molecule has 2 amide bonds. The van der Waals surface area contributed by atoms with Gasteiger partial charge in [-0.1, -0.05) is 19.9 Å². The van der Waals surface area contributed by atoms with Crippen LogP contribution in [0.3, 0.4) is 0 Å². The van der Waals surface area contributed by atoms with Crippen LogP contribution >= 0.6 is 0 Å². The SMILES string of the molecule is COc1ccc(CN(CCNC(=O)CC(C)C)C(C)=O)cc1OC. The Labute approximate surface area is 144 Å². The Hall–Kier alpha value is -2.24. The van der Waals surface area contributed by atoms with Crippen molar-refractivity contribution in [3.63, 3.8) is 0 Å². The molecule has 0 fully saturated rings. The van der Waals surface area contributed by atoms with Gasteiger partial charge in [-0.3, -0.25) is 9.59 Å². The third-order valence-electron chi connectivity index (χ3n) is 3.56. The highest BCUT2D eigenvalue weighted by Gasteiger charge is 2.12. The zero-order valence-corrected chi connectivity index (χ0v) is 15.2. The molecule has 1 N–H and O–H groups in total. The molecule has 0 saturated carbocycles. The fourth-order valence-electron chi connectivity index (χ4n) is 2.32. The Morgan fingerprint density at radius 2 is 1.83 bits per heavy atom. The molecule has 0 aromatic heterocycles. The second-order valence-corrected chi connectivity index (χ2v) is 6.08. The third kappa shape index (κ3) is 6.48. The van der Waals surface area contributed by atoms with Crippen LogP contribution in [0, 0.1) is 5.92 Å². The fraction of sp³-hybridized carbons (Fsp3) is 0.556. The Kier molecular flexibility index (Phi) is 8.09. The highest BCUT2D eigenvalue weighted by atomic mass is 16.5. The normalized spacial score (nSPS) is 10.4. The lowest BCUT2D eigenvalue weighted by Crippen LogP contribution is -2.37. The molecule has 1 aromatic rings. The number of hydrogen-bond acceptors (Lipinski definition) is 4. The lowest BCUT2D eigenvalue weighted by atomic mass is 10.1. The first-order valence-electron chi connectivity index (χ1n) is 8.10. The quantitative estimate of drug-likeness (QED) is 0.751. The number of ether oxygens (including phenoxy) is 2. The first-order valence-corrected chi connectivity index (χ1v) is 8.10. The number of nitrogens with zero attached hydrogens (tertiary/aromatic N) is 1. The molecule has 0 unspecified atom stereocenters. The maximum Gasteiger partial charge on any atom is 0.220 e. The molecule has 6 heteroatoms. The van der Waals surface area contributed by atoms with Crippen molar-refractivity contribution >= 4 is 11.8 Å². The predicted molar refractivity (Wildman–Crippen MR) is 93.1 cm³/mol. The van der Waals surface area contributed by atoms with Crippen molar-refractivity contribution < 1.29 is 19.1 Å². The number of nitrogens with one attached hydrogen (secondary N) is 1. The summed E-state index contributed by atoms with van der Waals surface area (Å²) in [6, 6.07) is 5.57. The summed E-state index contributed by atoms with van der Waals surface area (Å²) in [5.74, 6) is 1.57. The molecule has 1 rings (SSSR count). The number of rotatable bonds is 9. The van der Waals surface area contributed by atoms with Gasteiger partial charge in [-0.25, -0.2) is 0 Å². The van der Waals surface area contributed by atoms with E-state index in [1.54, 1.807) is 19.1 Å². The van der Waals surface area contributed by atoms with Gasteiger partial charge >= 0.3 is 0 Å². The van der Waals surface area contributed by atoms with Crippen LogP contribution in [0.1, 0.15) is 32.8 Å². The van der Waals surface area contributed by atoms with Crippen LogP contribution in [0.15, 0.2) is 18.2 Å². The molecule has 0 saturated heterocycles. The highest BCUT2D eigenvalue weighted by molar-refractivity contribution is 5.76. The largest absolute Gasteiger partial charge is 0.493 e. The van der Waals surface area contributed by atoms with Crippen LogP contribution in [-0.4, -0.2) is 44.0 Å². The summed E-state index contributed by atoms with van der Waals surface area (Å²) in [4.78, 5) is 25.2. The van der Waals surface area contributed by atoms with E-state index in [4.69, 9.17) is 9.47 Å². The summed E-state index contributed by atoms with van der Waals surface area (Å²) in [6.45, 7) is 6.88. The lowest BCUT2D eigenvalue weighted by molar-refractivity contribution is -0.130. The summed E-state index contributed by atoms with van der Waals surface area (Å²) >= 11 is 0. The van der Waals surface area contributed by atoms with E-state index in [0.29, 0.717) is 43.5 Å². The van der Waals surface area contributed by atoms with Gasteiger partial charge < -0.3 is 19.7 Å². The van der Waals surface area contributed by atoms with E-state index in [0.717, 1.165) is 5.56 Å². The van der Waals surface area contributed by atoms with E-state index in [1.807, 2.05) is 32.0 Å². The van der Waals surface area contributed by atoms with Gasteiger partial charge in [0.05, 0.1) is 14.2 Å². The van der Waals surface area contributed by atoms with Gasteiger partial charge in [-0.2, -0.15) is 0 Å². The average molecular weight is 336 g/mol. The number of hydrogen-bond donors (Lipinski definition) is 1. The van der Waals surface area contributed by atoms with Gasteiger partial charge in [0.15, 0.2) is 11.5 Å². The van der Waals surface area contributed by atoms with Crippen molar-refractivity contribution in [2.24, 2.45) is 5.92 Å². The van der Waals surface area contributed by atoms with Gasteiger partial charge in [-0.15, -0.1) is 0 Å². The molecule has 1 aromatic carbocycles. The van der Waals surface area contributed by atoms with Crippen LogP contribution in [0.25, 0.3) is 0 Å². The Morgan fingerprint density at radius 3 is 2.38 bits per heavy atom. The summed E-state index contributed by atoms with van der Waals surface area (Å²) in [7, 11) is 3.16. The monoisotopic (exact) mass is 336 g/mol. The maximum absolute atomic E-state index is 11.8. The van der Waals surface area contributed by atoms with Crippen LogP contribution in [0.2, 0.25) is 0 Å². The minimum Gasteiger partial charge on any atom is -0.493 e. The van der Waals surface area contributed by atoms with Gasteiger partial charge in [0, 0.05) is 33.0 Å². The van der Waals surface area contributed by atoms with Gasteiger partial charge in [-0.05, 0) is 23.6 Å². The van der Waals surface area contributed by atoms with E-state index in [1.165, 1.54) is 6.92 Å². The molecular weight excluding hydrogens is 308 g/mol. The zero-order chi connectivity index (χ0) is 18.1. The summed E-state index contributed by atoms with van der Waals surface area (Å²) < 4.78 is 10.5. The van der Waals surface area contributed by atoms with Crippen LogP contribution in [0.5, 0.6) is 11.5 Å². The van der Waals surface area contributed by atoms with E-state index < -0.39 is 0 Å². The standard InChI is InChI=1S/C18H28N2O4/c1-13(2)10-18(22)19-8-9-20(14(3)21)12-15-6-7-16(23-4)17(11-15)24-5/h6-7,11,13H,8-10,12H2,1-5H3,(H,19,22). The molecule has 24 heavy (non-hydrogen) atoms. The molecular formula is C18H28N2O4. The summed E-state index contributed by atoms with van der Waals surface area (Å²) in [5, 5.41) is 2.85. The molecule has 0 aliphatic rings. The average Bonchev–Trinajstić information content (AvgIpc) is 2.52. The minimum atomic E-state index is -0.0390. The van der Waals surface area contributed by atoms with E-state index in [2.05, 4.69) is 5.32 Å². The van der Waals surface area contributed by atoms with Crippen molar-refractivity contribution in [1.82, 2.24) is 10.2 Å². The third-order valence-corrected chi connectivity index (χ3v) is 3.56. The topological polar surface area (TPSA) is 67.9 Å². The highest BCUT2D eigenvalue weighted by Crippen LogP contribution is 2.28. The maximum atomic E-state index is 11.8. The number of methoxy groups -OCH3 is 2. The van der Waals surface area contributed by atoms with Gasteiger partial charge in [0.25, 0.3) is 0 Å². The Balaban J connectivity index is 2.63. The Bertz CT molecular complexity index is 558. The molecule has 0 aliphatic carbocycles. The number of amides is 2. The molecule has 134 valence electrons. The summed E-state index contributed by atoms with van der Waals surface area (Å²) in [6.07, 6.45) is 0.496. The molecule has 0 heterocycles. The predicted octanol–water partition coefficient (Wildman–Crippen LogP) is 2.21. The van der Waals surface area contributed by atoms with E-state index >= 15 is 0 Å². The van der Waals surface area contributed by atoms with Crippen molar-refractivity contribution in [1.29, 1.82) is 0 Å². The molecule has 6 nitrogen and oxygen atoms in total. The van der Waals surface area contributed by atoms with Gasteiger partial charge in [0.1, 0.15) is 0 Å². The lowest BCUT2D eigenvalue weighted by Gasteiger charge is -2.22. The van der Waals surface area contributed by atoms with Crippen molar-refractivity contribution in [3.05, 3.63) is 23.8 Å². The molecule has 0 atom stereocenters. The zero-order valence-electron chi connectivity index (χ0n) is 15.2. The van der Waals surface area contributed by atoms with Crippen LogP contribution in [-0.2, 0) is 16.1 Å². The summed E-state index contributed by atoms with van der Waals surface area (Å²) in [5.41, 5.74) is 0.941. The smallest absolute Gasteiger partial charge is 0.220 e. The fourth-order valence-corrected chi connectivity index (χ4v) is 2.32. The van der Waals surface area contributed by atoms with Crippen LogP contribution in [0.4, 0.5) is 0 Å². The first-order chi connectivity index (χ1) is 11.4. The number of carbonyl (C=O) groups excluding carboxylic acids is 2. The Morgan fingerprint density at radius 1 is 1.17 bits per heavy atom. The molecule has 0 aliphatic heterocycles. The molecule has 0 spiro atoms.